The second kappa shape index (κ2) is 8.24. The van der Waals surface area contributed by atoms with Crippen molar-refractivity contribution in [1.29, 1.82) is 0 Å². The van der Waals surface area contributed by atoms with E-state index in [1.807, 2.05) is 18.2 Å². The SMILES string of the molecule is COc1ccc(C2CCN(C(=O)c3ccc(F)cn3)C2)c(C2OCCCO2)c1. The number of carbonyl (C=O) groups excluding carboxylic acids is 1. The number of pyridine rings is 1. The maximum absolute atomic E-state index is 13.1. The van der Waals surface area contributed by atoms with Crippen molar-refractivity contribution in [3.63, 3.8) is 0 Å². The topological polar surface area (TPSA) is 60.9 Å². The number of nitrogens with zero attached hydrogens (tertiary/aromatic N) is 2. The molecule has 0 bridgehead atoms. The Hall–Kier alpha value is -2.51. The number of benzene rings is 1. The van der Waals surface area contributed by atoms with Crippen molar-refractivity contribution in [3.05, 3.63) is 59.2 Å². The lowest BCUT2D eigenvalue weighted by Crippen LogP contribution is -2.29. The summed E-state index contributed by atoms with van der Waals surface area (Å²) in [6.45, 7) is 2.52. The first-order valence-corrected chi connectivity index (χ1v) is 9.47. The number of aromatic nitrogens is 1. The molecule has 1 aromatic heterocycles. The van der Waals surface area contributed by atoms with E-state index in [2.05, 4.69) is 4.98 Å². The lowest BCUT2D eigenvalue weighted by molar-refractivity contribution is -0.183. The molecule has 2 aliphatic heterocycles. The molecule has 1 unspecified atom stereocenters. The fraction of sp³-hybridized carbons (Fsp3) is 0.429. The van der Waals surface area contributed by atoms with Gasteiger partial charge in [-0.15, -0.1) is 0 Å². The molecule has 4 rings (SSSR count). The Balaban J connectivity index is 1.54. The second-order valence-electron chi connectivity index (χ2n) is 7.02. The number of hydrogen-bond donors (Lipinski definition) is 0. The van der Waals surface area contributed by atoms with Gasteiger partial charge in [-0.1, -0.05) is 6.07 Å². The molecule has 0 saturated carbocycles. The van der Waals surface area contributed by atoms with Gasteiger partial charge >= 0.3 is 0 Å². The van der Waals surface area contributed by atoms with Crippen molar-refractivity contribution in [2.45, 2.75) is 25.0 Å². The Morgan fingerprint density at radius 1 is 1.21 bits per heavy atom. The Morgan fingerprint density at radius 3 is 2.75 bits per heavy atom. The van der Waals surface area contributed by atoms with Crippen molar-refractivity contribution in [2.24, 2.45) is 0 Å². The van der Waals surface area contributed by atoms with Gasteiger partial charge in [0.1, 0.15) is 17.3 Å². The Labute approximate surface area is 163 Å². The summed E-state index contributed by atoms with van der Waals surface area (Å²) in [7, 11) is 1.63. The van der Waals surface area contributed by atoms with Crippen LogP contribution in [0, 0.1) is 5.82 Å². The predicted molar refractivity (Wildman–Crippen MR) is 99.7 cm³/mol. The van der Waals surface area contributed by atoms with Crippen LogP contribution in [-0.4, -0.2) is 49.2 Å². The van der Waals surface area contributed by atoms with Gasteiger partial charge in [0, 0.05) is 24.6 Å². The third-order valence-corrected chi connectivity index (χ3v) is 5.24. The van der Waals surface area contributed by atoms with Gasteiger partial charge in [0.2, 0.25) is 0 Å². The van der Waals surface area contributed by atoms with Crippen LogP contribution in [0.1, 0.15) is 46.7 Å². The van der Waals surface area contributed by atoms with Gasteiger partial charge < -0.3 is 19.1 Å². The van der Waals surface area contributed by atoms with E-state index in [9.17, 15) is 9.18 Å². The largest absolute Gasteiger partial charge is 0.497 e. The summed E-state index contributed by atoms with van der Waals surface area (Å²) in [5.41, 5.74) is 2.32. The lowest BCUT2D eigenvalue weighted by atomic mass is 9.92. The molecular formula is C21H23FN2O4. The predicted octanol–water partition coefficient (Wildman–Crippen LogP) is 3.29. The van der Waals surface area contributed by atoms with Gasteiger partial charge in [-0.2, -0.15) is 0 Å². The number of rotatable bonds is 4. The molecule has 28 heavy (non-hydrogen) atoms. The number of ether oxygens (including phenoxy) is 3. The van der Waals surface area contributed by atoms with Gasteiger partial charge in [-0.05, 0) is 42.7 Å². The molecule has 2 aromatic rings. The molecule has 0 aliphatic carbocycles. The highest BCUT2D eigenvalue weighted by atomic mass is 19.1. The zero-order valence-corrected chi connectivity index (χ0v) is 15.8. The number of hydrogen-bond acceptors (Lipinski definition) is 5. The summed E-state index contributed by atoms with van der Waals surface area (Å²) < 4.78 is 30.1. The van der Waals surface area contributed by atoms with Gasteiger partial charge in [-0.25, -0.2) is 9.37 Å². The summed E-state index contributed by atoms with van der Waals surface area (Å²) in [6.07, 6.45) is 2.37. The van der Waals surface area contributed by atoms with E-state index in [4.69, 9.17) is 14.2 Å². The molecule has 2 aliphatic rings. The van der Waals surface area contributed by atoms with Crippen LogP contribution >= 0.6 is 0 Å². The van der Waals surface area contributed by atoms with Crippen LogP contribution in [0.2, 0.25) is 0 Å². The molecule has 7 heteroatoms. The smallest absolute Gasteiger partial charge is 0.272 e. The van der Waals surface area contributed by atoms with Crippen LogP contribution < -0.4 is 4.74 Å². The van der Waals surface area contributed by atoms with E-state index in [-0.39, 0.29) is 17.5 Å². The maximum atomic E-state index is 13.1. The number of amides is 1. The molecule has 3 heterocycles. The van der Waals surface area contributed by atoms with Crippen molar-refractivity contribution < 1.29 is 23.4 Å². The molecule has 1 atom stereocenters. The molecule has 148 valence electrons. The highest BCUT2D eigenvalue weighted by Gasteiger charge is 2.32. The van der Waals surface area contributed by atoms with Gasteiger partial charge in [0.25, 0.3) is 5.91 Å². The third kappa shape index (κ3) is 3.86. The molecule has 0 radical (unpaired) electrons. The minimum atomic E-state index is -0.453. The first-order valence-electron chi connectivity index (χ1n) is 9.47. The van der Waals surface area contributed by atoms with E-state index < -0.39 is 12.1 Å². The standard InChI is InChI=1S/C21H23FN2O4/c1-26-16-4-5-17(18(11-16)21-27-9-2-10-28-21)14-7-8-24(13-14)20(25)19-6-3-15(22)12-23-19/h3-6,11-12,14,21H,2,7-10,13H2,1H3. The molecule has 2 saturated heterocycles. The van der Waals surface area contributed by atoms with Crippen molar-refractivity contribution in [3.8, 4) is 5.75 Å². The Morgan fingerprint density at radius 2 is 2.04 bits per heavy atom. The van der Waals surface area contributed by atoms with Gasteiger partial charge in [-0.3, -0.25) is 4.79 Å². The molecule has 1 amide bonds. The highest BCUT2D eigenvalue weighted by molar-refractivity contribution is 5.92. The van der Waals surface area contributed by atoms with E-state index in [1.54, 1.807) is 12.0 Å². The summed E-state index contributed by atoms with van der Waals surface area (Å²) in [6, 6.07) is 8.59. The van der Waals surface area contributed by atoms with E-state index in [0.29, 0.717) is 26.3 Å². The average Bonchev–Trinajstić information content (AvgIpc) is 3.24. The monoisotopic (exact) mass is 386 g/mol. The number of methoxy groups -OCH3 is 1. The summed E-state index contributed by atoms with van der Waals surface area (Å²) >= 11 is 0. The van der Waals surface area contributed by atoms with Crippen molar-refractivity contribution >= 4 is 5.91 Å². The zero-order chi connectivity index (χ0) is 19.5. The second-order valence-corrected chi connectivity index (χ2v) is 7.02. The Kier molecular flexibility index (Phi) is 5.54. The minimum absolute atomic E-state index is 0.166. The van der Waals surface area contributed by atoms with Crippen LogP contribution in [0.5, 0.6) is 5.75 Å². The van der Waals surface area contributed by atoms with E-state index in [1.165, 1.54) is 12.1 Å². The fourth-order valence-corrected chi connectivity index (χ4v) is 3.79. The number of halogens is 1. The molecule has 0 N–H and O–H groups in total. The zero-order valence-electron chi connectivity index (χ0n) is 15.8. The summed E-state index contributed by atoms with van der Waals surface area (Å²) in [5.74, 6) is 0.284. The Bertz CT molecular complexity index is 837. The van der Waals surface area contributed by atoms with E-state index >= 15 is 0 Å². The van der Waals surface area contributed by atoms with Crippen molar-refractivity contribution in [2.75, 3.05) is 33.4 Å². The number of likely N-dealkylation sites (tertiary alicyclic amines) is 1. The van der Waals surface area contributed by atoms with Gasteiger partial charge in [0.15, 0.2) is 6.29 Å². The third-order valence-electron chi connectivity index (χ3n) is 5.24. The first-order chi connectivity index (χ1) is 13.7. The molecule has 0 spiro atoms. The number of carbonyl (C=O) groups is 1. The van der Waals surface area contributed by atoms with Crippen LogP contribution in [0.15, 0.2) is 36.5 Å². The molecule has 1 aromatic carbocycles. The van der Waals surface area contributed by atoms with Crippen LogP contribution in [-0.2, 0) is 9.47 Å². The van der Waals surface area contributed by atoms with Crippen molar-refractivity contribution in [1.82, 2.24) is 9.88 Å². The summed E-state index contributed by atoms with van der Waals surface area (Å²) in [4.78, 5) is 18.4. The molecule has 6 nitrogen and oxygen atoms in total. The van der Waals surface area contributed by atoms with Crippen LogP contribution in [0.25, 0.3) is 0 Å². The molecule has 2 fully saturated rings. The first kappa shape index (κ1) is 18.8. The lowest BCUT2D eigenvalue weighted by Gasteiger charge is -2.27. The quantitative estimate of drug-likeness (QED) is 0.807. The normalized spacial score (nSPS) is 20.4. The highest BCUT2D eigenvalue weighted by Crippen LogP contribution is 2.37. The van der Waals surface area contributed by atoms with Gasteiger partial charge in [0.05, 0.1) is 26.5 Å². The van der Waals surface area contributed by atoms with Crippen LogP contribution in [0.3, 0.4) is 0 Å². The van der Waals surface area contributed by atoms with E-state index in [0.717, 1.165) is 35.9 Å². The fourth-order valence-electron chi connectivity index (χ4n) is 3.79. The van der Waals surface area contributed by atoms with Crippen LogP contribution in [0.4, 0.5) is 4.39 Å². The summed E-state index contributed by atoms with van der Waals surface area (Å²) in [5, 5.41) is 0. The average molecular weight is 386 g/mol. The molecular weight excluding hydrogens is 363 g/mol. The maximum Gasteiger partial charge on any atom is 0.272 e. The minimum Gasteiger partial charge on any atom is -0.497 e.